The van der Waals surface area contributed by atoms with E-state index in [0.717, 1.165) is 16.7 Å². The van der Waals surface area contributed by atoms with Crippen LogP contribution in [-0.4, -0.2) is 4.98 Å². The maximum atomic E-state index is 6.15. The molecule has 0 amide bonds. The number of rotatable bonds is 1. The summed E-state index contributed by atoms with van der Waals surface area (Å²) in [5.41, 5.74) is 3.90. The Hall–Kier alpha value is -0.760. The summed E-state index contributed by atoms with van der Waals surface area (Å²) in [6.07, 6.45) is 0. The number of pyridine rings is 1. The summed E-state index contributed by atoms with van der Waals surface area (Å²) in [5.74, 6) is 0. The fourth-order valence-electron chi connectivity index (χ4n) is 1.62. The summed E-state index contributed by atoms with van der Waals surface area (Å²) in [6, 6.07) is 7.73. The number of halogens is 3. The molecule has 2 rings (SSSR count). The minimum absolute atomic E-state index is 0.270. The minimum atomic E-state index is 0.270. The van der Waals surface area contributed by atoms with Crippen LogP contribution in [0.2, 0.25) is 15.2 Å². The summed E-state index contributed by atoms with van der Waals surface area (Å²) < 4.78 is 0. The predicted octanol–water partition coefficient (Wildman–Crippen LogP) is 5.33. The number of benzene rings is 1. The van der Waals surface area contributed by atoms with Gasteiger partial charge >= 0.3 is 0 Å². The molecule has 88 valence electrons. The fourth-order valence-corrected chi connectivity index (χ4v) is 2.22. The molecule has 0 unspecified atom stereocenters. The normalized spacial score (nSPS) is 10.6. The summed E-state index contributed by atoms with van der Waals surface area (Å²) in [5, 5.41) is 1.14. The van der Waals surface area contributed by atoms with Crippen LogP contribution in [0.15, 0.2) is 24.3 Å². The molecule has 0 aliphatic heterocycles. The van der Waals surface area contributed by atoms with Crippen molar-refractivity contribution in [3.63, 3.8) is 0 Å². The van der Waals surface area contributed by atoms with Gasteiger partial charge in [-0.2, -0.15) is 0 Å². The van der Waals surface area contributed by atoms with E-state index < -0.39 is 0 Å². The second-order valence-electron chi connectivity index (χ2n) is 3.91. The Morgan fingerprint density at radius 1 is 0.941 bits per heavy atom. The first-order chi connectivity index (χ1) is 7.99. The van der Waals surface area contributed by atoms with Crippen LogP contribution in [0.3, 0.4) is 0 Å². The van der Waals surface area contributed by atoms with E-state index in [1.54, 1.807) is 6.07 Å². The third kappa shape index (κ3) is 2.57. The Kier molecular flexibility index (Phi) is 3.62. The molecule has 0 aliphatic carbocycles. The van der Waals surface area contributed by atoms with Crippen molar-refractivity contribution in [2.24, 2.45) is 0 Å². The van der Waals surface area contributed by atoms with Crippen LogP contribution in [0.5, 0.6) is 0 Å². The summed E-state index contributed by atoms with van der Waals surface area (Å²) in [4.78, 5) is 4.25. The van der Waals surface area contributed by atoms with Crippen LogP contribution in [0, 0.1) is 13.8 Å². The van der Waals surface area contributed by atoms with Crippen LogP contribution in [-0.2, 0) is 0 Å². The van der Waals surface area contributed by atoms with Crippen molar-refractivity contribution < 1.29 is 0 Å². The highest BCUT2D eigenvalue weighted by atomic mass is 35.5. The molecule has 0 radical (unpaired) electrons. The summed E-state index contributed by atoms with van der Waals surface area (Å²) in [6.45, 7) is 4.03. The van der Waals surface area contributed by atoms with Crippen LogP contribution in [0.4, 0.5) is 0 Å². The number of aryl methyl sites for hydroxylation is 2. The molecule has 0 saturated carbocycles. The first kappa shape index (κ1) is 12.7. The molecule has 0 N–H and O–H groups in total. The molecule has 2 aromatic rings. The minimum Gasteiger partial charge on any atom is -0.233 e. The maximum absolute atomic E-state index is 6.15. The fraction of sp³-hybridized carbons (Fsp3) is 0.154. The zero-order valence-electron chi connectivity index (χ0n) is 9.39. The average molecular weight is 287 g/mol. The summed E-state index contributed by atoms with van der Waals surface area (Å²) in [7, 11) is 0. The van der Waals surface area contributed by atoms with Gasteiger partial charge in [-0.05, 0) is 31.5 Å². The highest BCUT2D eigenvalue weighted by Gasteiger charge is 2.12. The van der Waals surface area contributed by atoms with E-state index in [0.29, 0.717) is 15.7 Å². The lowest BCUT2D eigenvalue weighted by molar-refractivity contribution is 1.29. The van der Waals surface area contributed by atoms with Gasteiger partial charge in [0.15, 0.2) is 0 Å². The number of aromatic nitrogens is 1. The van der Waals surface area contributed by atoms with Gasteiger partial charge in [-0.1, -0.05) is 52.5 Å². The van der Waals surface area contributed by atoms with Crippen LogP contribution in [0.1, 0.15) is 11.1 Å². The molecule has 0 aliphatic rings. The standard InChI is InChI=1S/C13H10Cl3N/c1-7-3-4-8(2)9(5-7)12-10(14)6-11(15)13(16)17-12/h3-6H,1-2H3. The zero-order chi connectivity index (χ0) is 12.6. The Balaban J connectivity index is 2.68. The number of hydrogen-bond donors (Lipinski definition) is 0. The molecule has 0 spiro atoms. The third-order valence-corrected chi connectivity index (χ3v) is 3.50. The van der Waals surface area contributed by atoms with Crippen molar-refractivity contribution in [3.05, 3.63) is 50.6 Å². The van der Waals surface area contributed by atoms with Gasteiger partial charge in [0.05, 0.1) is 15.7 Å². The van der Waals surface area contributed by atoms with Gasteiger partial charge in [0.2, 0.25) is 0 Å². The highest BCUT2D eigenvalue weighted by Crippen LogP contribution is 2.33. The van der Waals surface area contributed by atoms with E-state index >= 15 is 0 Å². The van der Waals surface area contributed by atoms with E-state index in [1.165, 1.54) is 0 Å². The monoisotopic (exact) mass is 285 g/mol. The Morgan fingerprint density at radius 2 is 1.65 bits per heavy atom. The predicted molar refractivity (Wildman–Crippen MR) is 74.2 cm³/mol. The Morgan fingerprint density at radius 3 is 2.35 bits per heavy atom. The molecular formula is C13H10Cl3N. The zero-order valence-corrected chi connectivity index (χ0v) is 11.7. The largest absolute Gasteiger partial charge is 0.233 e. The van der Waals surface area contributed by atoms with Crippen molar-refractivity contribution in [1.82, 2.24) is 4.98 Å². The van der Waals surface area contributed by atoms with Gasteiger partial charge in [-0.25, -0.2) is 4.98 Å². The van der Waals surface area contributed by atoms with E-state index in [1.807, 2.05) is 32.0 Å². The van der Waals surface area contributed by atoms with Gasteiger partial charge in [-0.3, -0.25) is 0 Å². The second-order valence-corrected chi connectivity index (χ2v) is 5.08. The molecule has 0 atom stereocenters. The van der Waals surface area contributed by atoms with Gasteiger partial charge in [-0.15, -0.1) is 0 Å². The number of hydrogen-bond acceptors (Lipinski definition) is 1. The molecule has 1 heterocycles. The number of nitrogens with zero attached hydrogens (tertiary/aromatic N) is 1. The van der Waals surface area contributed by atoms with Crippen molar-refractivity contribution in [1.29, 1.82) is 0 Å². The van der Waals surface area contributed by atoms with Crippen molar-refractivity contribution in [3.8, 4) is 11.3 Å². The van der Waals surface area contributed by atoms with Gasteiger partial charge in [0.25, 0.3) is 0 Å². The van der Waals surface area contributed by atoms with Crippen molar-refractivity contribution in [2.45, 2.75) is 13.8 Å². The quantitative estimate of drug-likeness (QED) is 0.646. The lowest BCUT2D eigenvalue weighted by atomic mass is 10.0. The molecule has 0 fully saturated rings. The van der Waals surface area contributed by atoms with Crippen molar-refractivity contribution in [2.75, 3.05) is 0 Å². The smallest absolute Gasteiger partial charge is 0.148 e. The molecule has 4 heteroatoms. The average Bonchev–Trinajstić information content (AvgIpc) is 2.27. The molecule has 0 saturated heterocycles. The van der Waals surface area contributed by atoms with Crippen LogP contribution in [0.25, 0.3) is 11.3 Å². The lowest BCUT2D eigenvalue weighted by Gasteiger charge is -2.09. The lowest BCUT2D eigenvalue weighted by Crippen LogP contribution is -1.91. The maximum Gasteiger partial charge on any atom is 0.148 e. The Bertz CT molecular complexity index is 579. The second kappa shape index (κ2) is 4.85. The van der Waals surface area contributed by atoms with Crippen LogP contribution < -0.4 is 0 Å². The van der Waals surface area contributed by atoms with Gasteiger partial charge < -0.3 is 0 Å². The third-order valence-electron chi connectivity index (χ3n) is 2.53. The van der Waals surface area contributed by atoms with E-state index in [9.17, 15) is 0 Å². The molecular weight excluding hydrogens is 277 g/mol. The SMILES string of the molecule is Cc1ccc(C)c(-c2nc(Cl)c(Cl)cc2Cl)c1. The first-order valence-corrected chi connectivity index (χ1v) is 6.21. The summed E-state index contributed by atoms with van der Waals surface area (Å²) >= 11 is 17.9. The van der Waals surface area contributed by atoms with E-state index in [4.69, 9.17) is 34.8 Å². The topological polar surface area (TPSA) is 12.9 Å². The molecule has 17 heavy (non-hydrogen) atoms. The van der Waals surface area contributed by atoms with Gasteiger partial charge in [0, 0.05) is 5.56 Å². The van der Waals surface area contributed by atoms with Crippen LogP contribution >= 0.6 is 34.8 Å². The van der Waals surface area contributed by atoms with Crippen molar-refractivity contribution >= 4 is 34.8 Å². The van der Waals surface area contributed by atoms with Gasteiger partial charge in [0.1, 0.15) is 5.15 Å². The Labute approximate surface area is 115 Å². The molecule has 1 nitrogen and oxygen atoms in total. The van der Waals surface area contributed by atoms with E-state index in [2.05, 4.69) is 4.98 Å². The highest BCUT2D eigenvalue weighted by molar-refractivity contribution is 6.43. The molecule has 0 bridgehead atoms. The molecule has 1 aromatic heterocycles. The molecule has 1 aromatic carbocycles. The first-order valence-electron chi connectivity index (χ1n) is 5.08. The van der Waals surface area contributed by atoms with E-state index in [-0.39, 0.29) is 5.15 Å².